The van der Waals surface area contributed by atoms with Crippen LogP contribution in [0.1, 0.15) is 78.6 Å². The van der Waals surface area contributed by atoms with Crippen LogP contribution in [0.5, 0.6) is 11.5 Å². The van der Waals surface area contributed by atoms with Gasteiger partial charge in [-0.05, 0) is 119 Å². The summed E-state index contributed by atoms with van der Waals surface area (Å²) in [6.07, 6.45) is 6.05. The molecule has 0 spiro atoms. The quantitative estimate of drug-likeness (QED) is 0.0633. The summed E-state index contributed by atoms with van der Waals surface area (Å²) in [5, 5.41) is 35.3. The third kappa shape index (κ3) is 14.2. The van der Waals surface area contributed by atoms with Crippen LogP contribution < -0.4 is 20.9 Å². The molecule has 8 heterocycles. The Bertz CT molecular complexity index is 3260. The number of aryl methyl sites for hydroxylation is 2. The molecule has 6 aromatic rings. The van der Waals surface area contributed by atoms with Gasteiger partial charge in [-0.3, -0.25) is 9.11 Å². The molecule has 394 valence electrons. The van der Waals surface area contributed by atoms with Gasteiger partial charge in [0.1, 0.15) is 50.8 Å². The molecule has 0 saturated carbocycles. The van der Waals surface area contributed by atoms with Crippen molar-refractivity contribution in [1.82, 2.24) is 59.5 Å². The number of aromatic nitrogens is 10. The summed E-state index contributed by atoms with van der Waals surface area (Å²) in [6, 6.07) is 0. The molecular formula is C45H60N14O12S2. The molecule has 2 saturated heterocycles. The number of hydrogen-bond donors (Lipinski definition) is 6. The van der Waals surface area contributed by atoms with Crippen LogP contribution in [-0.4, -0.2) is 170 Å². The summed E-state index contributed by atoms with van der Waals surface area (Å²) < 4.78 is 88.0. The molecular weight excluding hydrogens is 993 g/mol. The van der Waals surface area contributed by atoms with E-state index in [1.54, 1.807) is 40.1 Å². The lowest BCUT2D eigenvalue weighted by Gasteiger charge is -2.31. The van der Waals surface area contributed by atoms with Crippen molar-refractivity contribution in [2.24, 2.45) is 5.92 Å². The molecule has 8 rings (SSSR count). The second-order valence-corrected chi connectivity index (χ2v) is 21.8. The van der Waals surface area contributed by atoms with E-state index in [-0.39, 0.29) is 47.4 Å². The molecule has 26 nitrogen and oxygen atoms in total. The molecule has 0 amide bonds. The average molecular weight is 1050 g/mol. The van der Waals surface area contributed by atoms with Gasteiger partial charge in [-0.25, -0.2) is 29.2 Å². The SMILES string of the molecule is CCn1c(-c2nonc2N)nc2c(C#CC(C)(C)O)ncc(OC3CCN(CCS(=O)(=O)O)CC3)c21.CCn1c(-c2nonc2N)nc2c(C#CC(C)(C)O)ncc(OCC3CCN(CCS(=O)(=O)O)CC3)c21. The molecule has 0 radical (unpaired) electrons. The minimum Gasteiger partial charge on any atom is -0.489 e. The molecule has 73 heavy (non-hydrogen) atoms. The van der Waals surface area contributed by atoms with E-state index in [0.29, 0.717) is 114 Å². The van der Waals surface area contributed by atoms with Crippen molar-refractivity contribution in [3.8, 4) is 58.2 Å². The maximum atomic E-state index is 11.0. The molecule has 2 aliphatic heterocycles. The van der Waals surface area contributed by atoms with Gasteiger partial charge < -0.3 is 50.1 Å². The minimum absolute atomic E-state index is 0.0943. The smallest absolute Gasteiger partial charge is 0.266 e. The molecule has 0 atom stereocenters. The molecule has 0 aromatic carbocycles. The molecule has 2 fully saturated rings. The van der Waals surface area contributed by atoms with Crippen LogP contribution in [0.2, 0.25) is 0 Å². The van der Waals surface area contributed by atoms with Crippen molar-refractivity contribution >= 4 is 53.9 Å². The summed E-state index contributed by atoms with van der Waals surface area (Å²) in [7, 11) is -7.97. The van der Waals surface area contributed by atoms with Gasteiger partial charge >= 0.3 is 0 Å². The summed E-state index contributed by atoms with van der Waals surface area (Å²) >= 11 is 0. The summed E-state index contributed by atoms with van der Waals surface area (Å²) in [4.78, 5) is 22.3. The van der Waals surface area contributed by atoms with Crippen molar-refractivity contribution in [2.45, 2.75) is 97.6 Å². The lowest BCUT2D eigenvalue weighted by atomic mass is 9.98. The Balaban J connectivity index is 0.000000214. The van der Waals surface area contributed by atoms with Gasteiger partial charge in [-0.2, -0.15) is 16.8 Å². The highest BCUT2D eigenvalue weighted by atomic mass is 32.2. The first-order valence-electron chi connectivity index (χ1n) is 23.5. The summed E-state index contributed by atoms with van der Waals surface area (Å²) in [6.45, 7) is 15.0. The molecule has 2 aliphatic rings. The number of pyridine rings is 2. The van der Waals surface area contributed by atoms with Gasteiger partial charge in [-0.15, -0.1) is 0 Å². The van der Waals surface area contributed by atoms with Crippen LogP contribution in [0.25, 0.3) is 45.1 Å². The molecule has 6 aromatic heterocycles. The van der Waals surface area contributed by atoms with Gasteiger partial charge in [0.15, 0.2) is 46.2 Å². The number of piperidine rings is 2. The van der Waals surface area contributed by atoms with Crippen LogP contribution in [0.3, 0.4) is 0 Å². The number of nitrogen functional groups attached to an aromatic ring is 2. The highest BCUT2D eigenvalue weighted by Gasteiger charge is 2.29. The molecule has 8 N–H and O–H groups in total. The Labute approximate surface area is 421 Å². The van der Waals surface area contributed by atoms with Crippen molar-refractivity contribution in [3.63, 3.8) is 0 Å². The highest BCUT2D eigenvalue weighted by molar-refractivity contribution is 7.86. The Morgan fingerprint density at radius 1 is 0.685 bits per heavy atom. The lowest BCUT2D eigenvalue weighted by molar-refractivity contribution is 0.104. The zero-order valence-corrected chi connectivity index (χ0v) is 42.9. The first-order valence-corrected chi connectivity index (χ1v) is 26.7. The van der Waals surface area contributed by atoms with Crippen molar-refractivity contribution < 1.29 is 54.9 Å². The number of likely N-dealkylation sites (tertiary alicyclic amines) is 2. The number of hydrogen-bond acceptors (Lipinski definition) is 22. The van der Waals surface area contributed by atoms with E-state index in [0.717, 1.165) is 25.9 Å². The minimum atomic E-state index is -4.00. The van der Waals surface area contributed by atoms with Crippen molar-refractivity contribution in [3.05, 3.63) is 23.8 Å². The number of aliphatic hydroxyl groups is 2. The maximum Gasteiger partial charge on any atom is 0.266 e. The summed E-state index contributed by atoms with van der Waals surface area (Å²) in [5.74, 6) is 13.1. The maximum absolute atomic E-state index is 11.0. The Hall–Kier alpha value is -6.50. The third-order valence-electron chi connectivity index (χ3n) is 11.9. The predicted molar refractivity (Wildman–Crippen MR) is 266 cm³/mol. The monoisotopic (exact) mass is 1050 g/mol. The number of anilines is 2. The van der Waals surface area contributed by atoms with Crippen LogP contribution in [-0.2, 0) is 33.3 Å². The van der Waals surface area contributed by atoms with Crippen LogP contribution in [0.15, 0.2) is 21.7 Å². The Kier molecular flexibility index (Phi) is 16.6. The van der Waals surface area contributed by atoms with E-state index in [2.05, 4.69) is 54.3 Å². The first-order chi connectivity index (χ1) is 34.4. The summed E-state index contributed by atoms with van der Waals surface area (Å²) in [5.41, 5.74) is 13.0. The number of ether oxygens (including phenoxy) is 2. The fourth-order valence-corrected chi connectivity index (χ4v) is 9.19. The molecule has 0 bridgehead atoms. The molecule has 0 aliphatic carbocycles. The van der Waals surface area contributed by atoms with E-state index in [1.165, 1.54) is 0 Å². The highest BCUT2D eigenvalue weighted by Crippen LogP contribution is 2.36. The van der Waals surface area contributed by atoms with Crippen molar-refractivity contribution in [1.29, 1.82) is 0 Å². The van der Waals surface area contributed by atoms with E-state index in [9.17, 15) is 27.0 Å². The number of imidazole rings is 2. The molecule has 28 heteroatoms. The van der Waals surface area contributed by atoms with Crippen LogP contribution in [0, 0.1) is 29.6 Å². The zero-order valence-electron chi connectivity index (χ0n) is 41.3. The number of fused-ring (bicyclic) bond motifs is 2. The third-order valence-corrected chi connectivity index (χ3v) is 13.3. The van der Waals surface area contributed by atoms with Gasteiger partial charge in [0, 0.05) is 39.3 Å². The number of nitrogens with two attached hydrogens (primary N) is 2. The van der Waals surface area contributed by atoms with Crippen LogP contribution in [0.4, 0.5) is 11.6 Å². The topological polar surface area (TPSA) is 365 Å². The lowest BCUT2D eigenvalue weighted by Crippen LogP contribution is -2.40. The van der Waals surface area contributed by atoms with Gasteiger partial charge in [0.2, 0.25) is 0 Å². The standard InChI is InChI=1S/C23H31N7O6S.C22H29N7O6S/c1-4-30-20-17(35-14-15-6-9-29(10-7-15)11-12-37(32,33)34)13-25-16(5-8-23(2,3)31)18(20)26-22(30)19-21(24)28-36-27-19;1-4-29-19-16(34-14-6-9-28(10-7-14)11-12-36(31,32)33)13-24-15(5-8-22(2,3)30)17(19)25-21(29)18-20(23)27-35-26-18/h13,15,31H,4,6-7,9-12,14H2,1-3H3,(H2,24,28)(H,32,33,34);13-14,30H,4,6-7,9-12H2,1-3H3,(H2,23,27)(H,31,32,33). The van der Waals surface area contributed by atoms with E-state index in [4.69, 9.17) is 49.3 Å². The fraction of sp³-hybridized carbons (Fsp3) is 0.556. The van der Waals surface area contributed by atoms with E-state index in [1.807, 2.05) is 32.8 Å². The number of rotatable bonds is 15. The zero-order chi connectivity index (χ0) is 52.9. The Morgan fingerprint density at radius 3 is 1.51 bits per heavy atom. The molecule has 0 unspecified atom stereocenters. The second kappa shape index (κ2) is 22.3. The van der Waals surface area contributed by atoms with Crippen LogP contribution >= 0.6 is 0 Å². The predicted octanol–water partition coefficient (Wildman–Crippen LogP) is 2.12. The average Bonchev–Trinajstić information content (AvgIpc) is 4.13. The number of nitrogens with zero attached hydrogens (tertiary/aromatic N) is 12. The van der Waals surface area contributed by atoms with Gasteiger partial charge in [-0.1, -0.05) is 11.8 Å². The fourth-order valence-electron chi connectivity index (χ4n) is 8.21. The Morgan fingerprint density at radius 2 is 1.11 bits per heavy atom. The van der Waals surface area contributed by atoms with Gasteiger partial charge in [0.25, 0.3) is 20.2 Å². The van der Waals surface area contributed by atoms with Crippen molar-refractivity contribution in [2.75, 3.05) is 68.8 Å². The van der Waals surface area contributed by atoms with E-state index >= 15 is 0 Å². The van der Waals surface area contributed by atoms with E-state index < -0.39 is 31.4 Å². The normalized spacial score (nSPS) is 15.6. The first kappa shape index (κ1) is 54.3. The largest absolute Gasteiger partial charge is 0.489 e. The second-order valence-electron chi connectivity index (χ2n) is 18.6. The van der Waals surface area contributed by atoms with Gasteiger partial charge in [0.05, 0.1) is 30.5 Å².